The number of H-pyrrole nitrogens is 1. The van der Waals surface area contributed by atoms with Gasteiger partial charge in [-0.3, -0.25) is 9.89 Å². The third-order valence-corrected chi connectivity index (χ3v) is 4.49. The second-order valence-corrected chi connectivity index (χ2v) is 6.06. The molecule has 126 valence electrons. The lowest BCUT2D eigenvalue weighted by atomic mass is 10.0. The summed E-state index contributed by atoms with van der Waals surface area (Å²) in [6.45, 7) is 2.95. The van der Waals surface area contributed by atoms with Crippen molar-refractivity contribution in [3.05, 3.63) is 70.9 Å². The number of para-hydroxylation sites is 1. The number of carbonyl (C=O) groups excluding carboxylic acids is 1. The first-order valence-corrected chi connectivity index (χ1v) is 8.41. The lowest BCUT2D eigenvalue weighted by Crippen LogP contribution is -2.25. The van der Waals surface area contributed by atoms with Gasteiger partial charge in [0.1, 0.15) is 23.7 Å². The van der Waals surface area contributed by atoms with E-state index in [0.717, 1.165) is 34.6 Å². The Hall–Kier alpha value is -3.08. The fraction of sp³-hybridized carbons (Fsp3) is 0.200. The van der Waals surface area contributed by atoms with Crippen LogP contribution >= 0.6 is 0 Å². The Kier molecular flexibility index (Phi) is 3.98. The molecule has 0 radical (unpaired) electrons. The summed E-state index contributed by atoms with van der Waals surface area (Å²) in [6, 6.07) is 16.0. The molecular weight excluding hydrogens is 314 g/mol. The Bertz CT molecular complexity index is 913. The average molecular weight is 333 g/mol. The highest BCUT2D eigenvalue weighted by Gasteiger charge is 2.25. The number of amides is 1. The second-order valence-electron chi connectivity index (χ2n) is 6.06. The van der Waals surface area contributed by atoms with Crippen molar-refractivity contribution in [3.63, 3.8) is 0 Å². The van der Waals surface area contributed by atoms with E-state index in [0.29, 0.717) is 18.8 Å². The molecule has 25 heavy (non-hydrogen) atoms. The number of aryl methyl sites for hydroxylation is 1. The fourth-order valence-electron chi connectivity index (χ4n) is 3.02. The predicted molar refractivity (Wildman–Crippen MR) is 95.3 cm³/mol. The molecule has 5 heteroatoms. The molecular formula is C20H19N3O2. The summed E-state index contributed by atoms with van der Waals surface area (Å²) in [6.07, 6.45) is 1.01. The first-order valence-electron chi connectivity index (χ1n) is 8.41. The van der Waals surface area contributed by atoms with Crippen LogP contribution < -0.4 is 10.1 Å². The molecule has 0 spiro atoms. The van der Waals surface area contributed by atoms with Crippen LogP contribution in [0.2, 0.25) is 0 Å². The molecule has 5 nitrogen and oxygen atoms in total. The summed E-state index contributed by atoms with van der Waals surface area (Å²) in [5.41, 5.74) is 5.33. The van der Waals surface area contributed by atoms with Crippen LogP contribution in [-0.2, 0) is 19.6 Å². The van der Waals surface area contributed by atoms with Gasteiger partial charge in [-0.25, -0.2) is 0 Å². The summed E-state index contributed by atoms with van der Waals surface area (Å²) in [5.74, 6) is 0.626. The highest BCUT2D eigenvalue weighted by atomic mass is 16.5. The third-order valence-electron chi connectivity index (χ3n) is 4.49. The Morgan fingerprint density at radius 3 is 2.72 bits per heavy atom. The van der Waals surface area contributed by atoms with Crippen molar-refractivity contribution in [1.29, 1.82) is 0 Å². The maximum absolute atomic E-state index is 12.5. The Labute approximate surface area is 146 Å². The molecule has 1 aromatic heterocycles. The summed E-state index contributed by atoms with van der Waals surface area (Å²) in [7, 11) is 0. The molecule has 0 bridgehead atoms. The second kappa shape index (κ2) is 6.43. The number of hydrogen-bond acceptors (Lipinski definition) is 3. The number of aromatic nitrogens is 2. The fourth-order valence-corrected chi connectivity index (χ4v) is 3.02. The van der Waals surface area contributed by atoms with Gasteiger partial charge in [0.2, 0.25) is 0 Å². The lowest BCUT2D eigenvalue weighted by Gasteiger charge is -2.17. The molecule has 0 atom stereocenters. The van der Waals surface area contributed by atoms with Crippen LogP contribution in [0.1, 0.15) is 34.1 Å². The number of nitrogens with one attached hydrogen (secondary N) is 2. The number of hydrogen-bond donors (Lipinski definition) is 2. The van der Waals surface area contributed by atoms with Crippen LogP contribution in [0.15, 0.2) is 48.5 Å². The van der Waals surface area contributed by atoms with E-state index in [1.807, 2.05) is 36.4 Å². The van der Waals surface area contributed by atoms with E-state index in [1.165, 1.54) is 5.56 Å². The van der Waals surface area contributed by atoms with Gasteiger partial charge in [0.15, 0.2) is 0 Å². The van der Waals surface area contributed by atoms with Crippen molar-refractivity contribution in [3.8, 4) is 17.0 Å². The normalized spacial score (nSPS) is 12.0. The van der Waals surface area contributed by atoms with Crippen LogP contribution in [0.3, 0.4) is 0 Å². The van der Waals surface area contributed by atoms with Crippen LogP contribution in [-0.4, -0.2) is 16.1 Å². The summed E-state index contributed by atoms with van der Waals surface area (Å²) in [5, 5.41) is 10.1. The first-order chi connectivity index (χ1) is 12.3. The molecule has 1 aliphatic heterocycles. The van der Waals surface area contributed by atoms with Crippen molar-refractivity contribution < 1.29 is 9.53 Å². The summed E-state index contributed by atoms with van der Waals surface area (Å²) >= 11 is 0. The van der Waals surface area contributed by atoms with Gasteiger partial charge in [-0.1, -0.05) is 43.3 Å². The molecule has 2 aromatic carbocycles. The van der Waals surface area contributed by atoms with Crippen molar-refractivity contribution in [2.45, 2.75) is 26.5 Å². The quantitative estimate of drug-likeness (QED) is 0.768. The van der Waals surface area contributed by atoms with E-state index < -0.39 is 0 Å². The lowest BCUT2D eigenvalue weighted by molar-refractivity contribution is 0.0943. The first kappa shape index (κ1) is 15.4. The van der Waals surface area contributed by atoms with Crippen molar-refractivity contribution in [2.75, 3.05) is 0 Å². The zero-order chi connectivity index (χ0) is 17.2. The standard InChI is InChI=1S/C20H19N3O2/c1-2-13-7-9-14(10-8-13)11-21-20(24)19-16-12-25-17-6-4-3-5-15(17)18(16)22-23-19/h3-10H,2,11-12H2,1H3,(H,21,24)(H,22,23). The van der Waals surface area contributed by atoms with Gasteiger partial charge in [0.25, 0.3) is 5.91 Å². The molecule has 4 rings (SSSR count). The monoisotopic (exact) mass is 333 g/mol. The molecule has 1 amide bonds. The molecule has 0 unspecified atom stereocenters. The topological polar surface area (TPSA) is 67.0 Å². The molecule has 0 aliphatic carbocycles. The van der Waals surface area contributed by atoms with Crippen molar-refractivity contribution >= 4 is 5.91 Å². The smallest absolute Gasteiger partial charge is 0.270 e. The molecule has 0 saturated heterocycles. The zero-order valence-electron chi connectivity index (χ0n) is 14.0. The van der Waals surface area contributed by atoms with E-state index in [4.69, 9.17) is 4.74 Å². The van der Waals surface area contributed by atoms with Crippen LogP contribution in [0, 0.1) is 0 Å². The zero-order valence-corrected chi connectivity index (χ0v) is 14.0. The molecule has 1 aliphatic rings. The SMILES string of the molecule is CCc1ccc(CNC(=O)c2[nH]nc3c2COc2ccccc2-3)cc1. The maximum atomic E-state index is 12.5. The van der Waals surface area contributed by atoms with Gasteiger partial charge in [-0.05, 0) is 29.7 Å². The number of aromatic amines is 1. The average Bonchev–Trinajstić information content (AvgIpc) is 3.11. The van der Waals surface area contributed by atoms with E-state index in [-0.39, 0.29) is 5.91 Å². The summed E-state index contributed by atoms with van der Waals surface area (Å²) in [4.78, 5) is 12.5. The Morgan fingerprint density at radius 1 is 1.16 bits per heavy atom. The summed E-state index contributed by atoms with van der Waals surface area (Å²) < 4.78 is 5.75. The minimum Gasteiger partial charge on any atom is -0.488 e. The number of rotatable bonds is 4. The minimum absolute atomic E-state index is 0.170. The van der Waals surface area contributed by atoms with E-state index in [9.17, 15) is 4.79 Å². The Morgan fingerprint density at radius 2 is 1.92 bits per heavy atom. The number of nitrogens with zero attached hydrogens (tertiary/aromatic N) is 1. The molecule has 2 N–H and O–H groups in total. The highest BCUT2D eigenvalue weighted by molar-refractivity contribution is 5.96. The van der Waals surface area contributed by atoms with Gasteiger partial charge >= 0.3 is 0 Å². The van der Waals surface area contributed by atoms with Crippen molar-refractivity contribution in [1.82, 2.24) is 15.5 Å². The number of ether oxygens (including phenoxy) is 1. The van der Waals surface area contributed by atoms with Gasteiger partial charge in [-0.2, -0.15) is 5.10 Å². The van der Waals surface area contributed by atoms with Gasteiger partial charge in [0, 0.05) is 17.7 Å². The molecule has 0 saturated carbocycles. The number of benzene rings is 2. The van der Waals surface area contributed by atoms with E-state index in [1.54, 1.807) is 0 Å². The number of fused-ring (bicyclic) bond motifs is 3. The van der Waals surface area contributed by atoms with Crippen LogP contribution in [0.25, 0.3) is 11.3 Å². The predicted octanol–water partition coefficient (Wildman–Crippen LogP) is 3.46. The third kappa shape index (κ3) is 2.89. The largest absolute Gasteiger partial charge is 0.488 e. The van der Waals surface area contributed by atoms with Crippen LogP contribution in [0.4, 0.5) is 0 Å². The minimum atomic E-state index is -0.170. The van der Waals surface area contributed by atoms with Crippen molar-refractivity contribution in [2.24, 2.45) is 0 Å². The molecule has 3 aromatic rings. The number of carbonyl (C=O) groups is 1. The van der Waals surface area contributed by atoms with Gasteiger partial charge < -0.3 is 10.1 Å². The molecule has 2 heterocycles. The Balaban J connectivity index is 1.51. The maximum Gasteiger partial charge on any atom is 0.270 e. The van der Waals surface area contributed by atoms with E-state index >= 15 is 0 Å². The highest BCUT2D eigenvalue weighted by Crippen LogP contribution is 2.36. The van der Waals surface area contributed by atoms with Crippen LogP contribution in [0.5, 0.6) is 5.75 Å². The van der Waals surface area contributed by atoms with Gasteiger partial charge in [-0.15, -0.1) is 0 Å². The van der Waals surface area contributed by atoms with Gasteiger partial charge in [0.05, 0.1) is 0 Å². The van der Waals surface area contributed by atoms with E-state index in [2.05, 4.69) is 34.6 Å². The molecule has 0 fully saturated rings.